The Balaban J connectivity index is 1.25. The molecule has 0 atom stereocenters. The number of fused-ring (bicyclic) bond motifs is 1. The molecule has 1 aliphatic rings. The number of benzene rings is 2. The summed E-state index contributed by atoms with van der Waals surface area (Å²) in [5.41, 5.74) is 2.60. The third-order valence-corrected chi connectivity index (χ3v) is 7.66. The summed E-state index contributed by atoms with van der Waals surface area (Å²) in [4.78, 5) is 12.4. The molecule has 1 fully saturated rings. The first-order valence-corrected chi connectivity index (χ1v) is 12.6. The van der Waals surface area contributed by atoms with Crippen LogP contribution in [-0.4, -0.2) is 53.3 Å². The second-order valence-corrected chi connectivity index (χ2v) is 10.1. The number of sulfonamides is 1. The van der Waals surface area contributed by atoms with Gasteiger partial charge in [-0.05, 0) is 55.9 Å². The number of hydrogen-bond donors (Lipinski definition) is 1. The predicted molar refractivity (Wildman–Crippen MR) is 123 cm³/mol. The van der Waals surface area contributed by atoms with Crippen LogP contribution in [0.2, 0.25) is 0 Å². The highest BCUT2D eigenvalue weighted by Crippen LogP contribution is 2.23. The van der Waals surface area contributed by atoms with Crippen LogP contribution in [0.25, 0.3) is 11.0 Å². The Morgan fingerprint density at radius 2 is 1.81 bits per heavy atom. The van der Waals surface area contributed by atoms with Crippen LogP contribution < -0.4 is 5.32 Å². The van der Waals surface area contributed by atoms with E-state index in [1.54, 1.807) is 22.9 Å². The van der Waals surface area contributed by atoms with Crippen LogP contribution in [-0.2, 0) is 27.8 Å². The summed E-state index contributed by atoms with van der Waals surface area (Å²) in [5, 5.41) is 11.2. The Morgan fingerprint density at radius 3 is 2.59 bits per heavy atom. The fourth-order valence-corrected chi connectivity index (χ4v) is 5.54. The topological polar surface area (TPSA) is 97.2 Å². The highest BCUT2D eigenvalue weighted by atomic mass is 32.2. The molecule has 1 saturated heterocycles. The van der Waals surface area contributed by atoms with E-state index < -0.39 is 10.0 Å². The molecule has 4 rings (SSSR count). The summed E-state index contributed by atoms with van der Waals surface area (Å²) < 4.78 is 28.7. The van der Waals surface area contributed by atoms with Crippen molar-refractivity contribution in [1.29, 1.82) is 0 Å². The summed E-state index contributed by atoms with van der Waals surface area (Å²) in [5.74, 6) is 0.0291. The van der Waals surface area contributed by atoms with Gasteiger partial charge in [0.1, 0.15) is 5.52 Å². The van der Waals surface area contributed by atoms with Gasteiger partial charge in [-0.2, -0.15) is 4.31 Å². The van der Waals surface area contributed by atoms with Gasteiger partial charge in [0.05, 0.1) is 10.4 Å². The van der Waals surface area contributed by atoms with E-state index in [1.807, 2.05) is 18.2 Å². The monoisotopic (exact) mass is 455 g/mol. The Labute approximate surface area is 188 Å². The van der Waals surface area contributed by atoms with E-state index >= 15 is 0 Å². The molecule has 1 aromatic heterocycles. The van der Waals surface area contributed by atoms with Crippen molar-refractivity contribution >= 4 is 27.0 Å². The summed E-state index contributed by atoms with van der Waals surface area (Å²) in [6, 6.07) is 15.2. The van der Waals surface area contributed by atoms with Gasteiger partial charge in [-0.3, -0.25) is 4.79 Å². The van der Waals surface area contributed by atoms with Crippen LogP contribution in [0.4, 0.5) is 0 Å². The number of carbonyl (C=O) groups is 1. The van der Waals surface area contributed by atoms with E-state index in [1.165, 1.54) is 9.87 Å². The average molecular weight is 456 g/mol. The van der Waals surface area contributed by atoms with Crippen LogP contribution >= 0.6 is 0 Å². The van der Waals surface area contributed by atoms with Gasteiger partial charge in [0.15, 0.2) is 0 Å². The van der Waals surface area contributed by atoms with Crippen LogP contribution in [0, 0.1) is 0 Å². The summed E-state index contributed by atoms with van der Waals surface area (Å²) in [6.07, 6.45) is 4.70. The molecule has 3 aromatic rings. The van der Waals surface area contributed by atoms with Crippen molar-refractivity contribution in [2.75, 3.05) is 19.6 Å². The maximum absolute atomic E-state index is 12.7. The van der Waals surface area contributed by atoms with E-state index in [-0.39, 0.29) is 10.8 Å². The highest BCUT2D eigenvalue weighted by Gasteiger charge is 2.27. The zero-order valence-corrected chi connectivity index (χ0v) is 18.9. The molecule has 2 heterocycles. The number of hydrogen-bond acceptors (Lipinski definition) is 5. The van der Waals surface area contributed by atoms with E-state index in [0.717, 1.165) is 31.2 Å². The number of amides is 1. The smallest absolute Gasteiger partial charge is 0.243 e. The Kier molecular flexibility index (Phi) is 7.16. The summed E-state index contributed by atoms with van der Waals surface area (Å²) >= 11 is 0. The standard InChI is InChI=1S/C23H29N5O3S/c29-23(24-14-6-10-19-8-2-1-3-9-19)11-7-17-28-22-13-12-20(18-21(22)25-26-28)32(30,31)27-15-4-5-16-27/h1-3,8-9,12-13,18H,4-7,10-11,14-17H2,(H,24,29). The van der Waals surface area contributed by atoms with Crippen molar-refractivity contribution in [1.82, 2.24) is 24.6 Å². The van der Waals surface area contributed by atoms with Crippen molar-refractivity contribution in [3.8, 4) is 0 Å². The van der Waals surface area contributed by atoms with Crippen molar-refractivity contribution < 1.29 is 13.2 Å². The van der Waals surface area contributed by atoms with E-state index in [9.17, 15) is 13.2 Å². The lowest BCUT2D eigenvalue weighted by Crippen LogP contribution is -2.27. The molecule has 0 spiro atoms. The van der Waals surface area contributed by atoms with Crippen molar-refractivity contribution in [2.45, 2.75) is 50.0 Å². The van der Waals surface area contributed by atoms with Gasteiger partial charge in [0.25, 0.3) is 0 Å². The molecule has 2 aromatic carbocycles. The molecule has 0 saturated carbocycles. The fourth-order valence-electron chi connectivity index (χ4n) is 4.00. The number of rotatable bonds is 10. The lowest BCUT2D eigenvalue weighted by atomic mass is 10.1. The van der Waals surface area contributed by atoms with Gasteiger partial charge >= 0.3 is 0 Å². The normalized spacial score (nSPS) is 14.8. The number of nitrogens with zero attached hydrogens (tertiary/aromatic N) is 4. The first kappa shape index (κ1) is 22.4. The minimum atomic E-state index is -3.47. The Morgan fingerprint density at radius 1 is 1.03 bits per heavy atom. The average Bonchev–Trinajstić information content (AvgIpc) is 3.48. The van der Waals surface area contributed by atoms with Gasteiger partial charge in [0, 0.05) is 32.6 Å². The minimum Gasteiger partial charge on any atom is -0.356 e. The molecule has 0 radical (unpaired) electrons. The van der Waals surface area contributed by atoms with Gasteiger partial charge in [-0.15, -0.1) is 5.10 Å². The molecule has 32 heavy (non-hydrogen) atoms. The zero-order chi connectivity index (χ0) is 22.4. The van der Waals surface area contributed by atoms with E-state index in [2.05, 4.69) is 27.8 Å². The van der Waals surface area contributed by atoms with Crippen LogP contribution in [0.1, 0.15) is 37.7 Å². The Hall–Kier alpha value is -2.78. The summed E-state index contributed by atoms with van der Waals surface area (Å²) in [6.45, 7) is 2.35. The van der Waals surface area contributed by atoms with Crippen LogP contribution in [0.5, 0.6) is 0 Å². The molecule has 8 nitrogen and oxygen atoms in total. The maximum Gasteiger partial charge on any atom is 0.243 e. The predicted octanol–water partition coefficient (Wildman–Crippen LogP) is 2.75. The van der Waals surface area contributed by atoms with Gasteiger partial charge in [-0.1, -0.05) is 35.5 Å². The van der Waals surface area contributed by atoms with Crippen molar-refractivity contribution in [2.24, 2.45) is 0 Å². The van der Waals surface area contributed by atoms with Gasteiger partial charge in [-0.25, -0.2) is 13.1 Å². The van der Waals surface area contributed by atoms with Crippen LogP contribution in [0.15, 0.2) is 53.4 Å². The van der Waals surface area contributed by atoms with E-state index in [4.69, 9.17) is 0 Å². The van der Waals surface area contributed by atoms with Crippen LogP contribution in [0.3, 0.4) is 0 Å². The third kappa shape index (κ3) is 5.34. The molecule has 0 unspecified atom stereocenters. The minimum absolute atomic E-state index is 0.0291. The molecular weight excluding hydrogens is 426 g/mol. The third-order valence-electron chi connectivity index (χ3n) is 5.77. The fraction of sp³-hybridized carbons (Fsp3) is 0.435. The van der Waals surface area contributed by atoms with Gasteiger partial charge < -0.3 is 5.32 Å². The summed E-state index contributed by atoms with van der Waals surface area (Å²) in [7, 11) is -3.47. The molecule has 9 heteroatoms. The molecule has 1 aliphatic heterocycles. The second kappa shape index (κ2) is 10.2. The zero-order valence-electron chi connectivity index (χ0n) is 18.1. The molecule has 0 aliphatic carbocycles. The second-order valence-electron chi connectivity index (χ2n) is 8.12. The van der Waals surface area contributed by atoms with E-state index in [0.29, 0.717) is 44.5 Å². The van der Waals surface area contributed by atoms with Crippen molar-refractivity contribution in [3.05, 3.63) is 54.1 Å². The SMILES string of the molecule is O=C(CCCn1nnc2cc(S(=O)(=O)N3CCCC3)ccc21)NCCCc1ccccc1. The molecule has 1 N–H and O–H groups in total. The molecular formula is C23H29N5O3S. The highest BCUT2D eigenvalue weighted by molar-refractivity contribution is 7.89. The lowest BCUT2D eigenvalue weighted by Gasteiger charge is -2.15. The molecule has 1 amide bonds. The van der Waals surface area contributed by atoms with Gasteiger partial charge in [0.2, 0.25) is 15.9 Å². The first-order valence-electron chi connectivity index (χ1n) is 11.2. The maximum atomic E-state index is 12.7. The number of aryl methyl sites for hydroxylation is 2. The largest absolute Gasteiger partial charge is 0.356 e. The Bertz CT molecular complexity index is 1150. The molecule has 170 valence electrons. The van der Waals surface area contributed by atoms with Crippen molar-refractivity contribution in [3.63, 3.8) is 0 Å². The number of nitrogens with one attached hydrogen (secondary N) is 1. The molecule has 0 bridgehead atoms. The first-order chi connectivity index (χ1) is 15.5. The number of carbonyl (C=O) groups excluding carboxylic acids is 1. The lowest BCUT2D eigenvalue weighted by molar-refractivity contribution is -0.121. The quantitative estimate of drug-likeness (QED) is 0.474. The number of aromatic nitrogens is 3.